The number of rotatable bonds is 0. The third-order valence-corrected chi connectivity index (χ3v) is 0. The van der Waals surface area contributed by atoms with E-state index in [1.807, 2.05) is 0 Å². The van der Waals surface area contributed by atoms with Gasteiger partial charge in [0.1, 0.15) is 0 Å². The molecule has 3 heteroatoms. The third kappa shape index (κ3) is 12500. The van der Waals surface area contributed by atoms with E-state index in [1.54, 1.807) is 0 Å². The van der Waals surface area contributed by atoms with Gasteiger partial charge in [-0.1, -0.05) is 0 Å². The zero-order valence-electron chi connectivity index (χ0n) is 1.56. The minimum absolute atomic E-state index is 0. The molecule has 0 radical (unpaired) electrons. The minimum atomic E-state index is 0. The van der Waals surface area contributed by atoms with Gasteiger partial charge in [0.05, 0.1) is 0 Å². The van der Waals surface area contributed by atoms with Gasteiger partial charge in [-0.3, -0.25) is 4.79 Å². The molecule has 1 amide bonds. The van der Waals surface area contributed by atoms with Crippen LogP contribution in [0, 0.1) is 0 Å². The SMILES string of the molecule is NC=O.[GeH4]. The van der Waals surface area contributed by atoms with E-state index < -0.39 is 0 Å². The monoisotopic (exact) mass is 123 g/mol. The van der Waals surface area contributed by atoms with E-state index in [0.717, 1.165) is 0 Å². The first-order valence-corrected chi connectivity index (χ1v) is 0.569. The average Bonchev–Trinajstić information content (AvgIpc) is 0.918. The average molecular weight is 122 g/mol. The molecule has 0 atom stereocenters. The summed E-state index contributed by atoms with van der Waals surface area (Å²) in [5.41, 5.74) is 4.17. The number of primary amides is 1. The molecule has 0 spiro atoms. The molecule has 2 N–H and O–H groups in total. The second-order valence-corrected chi connectivity index (χ2v) is 0.136. The summed E-state index contributed by atoms with van der Waals surface area (Å²) in [5, 5.41) is 0. The van der Waals surface area contributed by atoms with Gasteiger partial charge in [-0.15, -0.1) is 0 Å². The van der Waals surface area contributed by atoms with Crippen LogP contribution in [0.25, 0.3) is 0 Å². The van der Waals surface area contributed by atoms with Crippen molar-refractivity contribution in [3.05, 3.63) is 0 Å². The van der Waals surface area contributed by atoms with Crippen LogP contribution in [0.4, 0.5) is 0 Å². The van der Waals surface area contributed by atoms with E-state index in [2.05, 4.69) is 5.73 Å². The van der Waals surface area contributed by atoms with Crippen molar-refractivity contribution >= 4 is 24.0 Å². The van der Waals surface area contributed by atoms with Gasteiger partial charge in [0, 0.05) is 0 Å². The van der Waals surface area contributed by atoms with E-state index in [1.165, 1.54) is 0 Å². The van der Waals surface area contributed by atoms with Crippen LogP contribution in [0.2, 0.25) is 0 Å². The quantitative estimate of drug-likeness (QED) is 0.283. The van der Waals surface area contributed by atoms with Gasteiger partial charge in [-0.05, 0) is 0 Å². The molecular formula is CH7GeNO. The molecule has 0 rings (SSSR count). The molecule has 4 heavy (non-hydrogen) atoms. The van der Waals surface area contributed by atoms with Crippen LogP contribution in [-0.2, 0) is 4.79 Å². The van der Waals surface area contributed by atoms with E-state index in [4.69, 9.17) is 4.79 Å². The summed E-state index contributed by atoms with van der Waals surface area (Å²) in [4.78, 5) is 8.58. The topological polar surface area (TPSA) is 43.1 Å². The molecule has 0 saturated carbocycles. The van der Waals surface area contributed by atoms with Gasteiger partial charge >= 0.3 is 17.6 Å². The van der Waals surface area contributed by atoms with Crippen LogP contribution in [0.5, 0.6) is 0 Å². The van der Waals surface area contributed by atoms with Crippen LogP contribution in [0.15, 0.2) is 0 Å². The van der Waals surface area contributed by atoms with Gasteiger partial charge in [0.2, 0.25) is 6.41 Å². The normalized spacial score (nSPS) is 3.00. The fourth-order valence-electron chi connectivity index (χ4n) is 0. The van der Waals surface area contributed by atoms with Crippen molar-refractivity contribution in [3.8, 4) is 0 Å². The van der Waals surface area contributed by atoms with Crippen LogP contribution >= 0.6 is 0 Å². The van der Waals surface area contributed by atoms with Crippen molar-refractivity contribution in [1.82, 2.24) is 0 Å². The Bertz CT molecular complexity index is 15.5. The summed E-state index contributed by atoms with van der Waals surface area (Å²) in [6, 6.07) is 0. The Kier molecular flexibility index (Phi) is 26.7. The predicted molar refractivity (Wildman–Crippen MR) is 21.6 cm³/mol. The first kappa shape index (κ1) is 8.99. The second-order valence-electron chi connectivity index (χ2n) is 0.136. The molecule has 0 heterocycles. The van der Waals surface area contributed by atoms with Gasteiger partial charge in [0.15, 0.2) is 0 Å². The summed E-state index contributed by atoms with van der Waals surface area (Å²) in [7, 11) is 0. The van der Waals surface area contributed by atoms with Gasteiger partial charge in [-0.25, -0.2) is 0 Å². The first-order chi connectivity index (χ1) is 1.41. The van der Waals surface area contributed by atoms with Gasteiger partial charge in [0.25, 0.3) is 0 Å². The zero-order chi connectivity index (χ0) is 2.71. The van der Waals surface area contributed by atoms with Crippen molar-refractivity contribution < 1.29 is 4.79 Å². The molecule has 0 fully saturated rings. The Morgan fingerprint density at radius 3 is 1.75 bits per heavy atom. The molecule has 0 bridgehead atoms. The molecule has 0 aromatic heterocycles. The molecule has 26 valence electrons. The van der Waals surface area contributed by atoms with Crippen molar-refractivity contribution in [1.29, 1.82) is 0 Å². The molecule has 0 aromatic carbocycles. The van der Waals surface area contributed by atoms with E-state index in [0.29, 0.717) is 0 Å². The van der Waals surface area contributed by atoms with Crippen molar-refractivity contribution in [3.63, 3.8) is 0 Å². The Hall–Kier alpha value is 0.0129. The maximum absolute atomic E-state index is 8.58. The van der Waals surface area contributed by atoms with Crippen LogP contribution in [-0.4, -0.2) is 24.0 Å². The summed E-state index contributed by atoms with van der Waals surface area (Å²) in [6.07, 6.45) is 0.250. The van der Waals surface area contributed by atoms with E-state index >= 15 is 0 Å². The molecule has 0 unspecified atom stereocenters. The third-order valence-electron chi connectivity index (χ3n) is 0. The Balaban J connectivity index is 0. The molecule has 0 aliphatic heterocycles. The zero-order valence-corrected chi connectivity index (χ0v) is 1.56. The summed E-state index contributed by atoms with van der Waals surface area (Å²) < 4.78 is 0. The number of nitrogens with two attached hydrogens (primary N) is 1. The Morgan fingerprint density at radius 1 is 1.75 bits per heavy atom. The second kappa shape index (κ2) is 11.9. The number of hydrogen-bond acceptors (Lipinski definition) is 1. The fourth-order valence-corrected chi connectivity index (χ4v) is 0. The molecule has 0 aliphatic rings. The van der Waals surface area contributed by atoms with Gasteiger partial charge in [-0.2, -0.15) is 0 Å². The summed E-state index contributed by atoms with van der Waals surface area (Å²) in [6.45, 7) is 0. The number of amides is 1. The molecule has 0 aliphatic carbocycles. The maximum atomic E-state index is 8.58. The van der Waals surface area contributed by atoms with Crippen LogP contribution in [0.1, 0.15) is 0 Å². The fraction of sp³-hybridized carbons (Fsp3) is 0. The van der Waals surface area contributed by atoms with Crippen molar-refractivity contribution in [2.24, 2.45) is 5.73 Å². The molecule has 2 nitrogen and oxygen atoms in total. The summed E-state index contributed by atoms with van der Waals surface area (Å²) >= 11 is 0. The van der Waals surface area contributed by atoms with Gasteiger partial charge < -0.3 is 5.73 Å². The predicted octanol–water partition coefficient (Wildman–Crippen LogP) is -2.35. The van der Waals surface area contributed by atoms with Crippen LogP contribution in [0.3, 0.4) is 0 Å². The molecule has 0 aromatic rings. The standard InChI is InChI=1S/CH3NO.GeH4/c2-1-3;/h1H,(H2,2,3);1H4. The van der Waals surface area contributed by atoms with Crippen molar-refractivity contribution in [2.45, 2.75) is 0 Å². The van der Waals surface area contributed by atoms with Crippen LogP contribution < -0.4 is 5.73 Å². The van der Waals surface area contributed by atoms with Crippen molar-refractivity contribution in [2.75, 3.05) is 0 Å². The Morgan fingerprint density at radius 2 is 1.75 bits per heavy atom. The van der Waals surface area contributed by atoms with E-state index in [-0.39, 0.29) is 24.0 Å². The summed E-state index contributed by atoms with van der Waals surface area (Å²) in [5.74, 6) is 0. The first-order valence-electron chi connectivity index (χ1n) is 0.569. The Labute approximate surface area is 35.3 Å². The number of carbonyl (C=O) groups is 1. The van der Waals surface area contributed by atoms with E-state index in [9.17, 15) is 0 Å². The number of carbonyl (C=O) groups excluding carboxylic acids is 1. The molecular weight excluding hydrogens is 115 g/mol. The number of hydrogen-bond donors (Lipinski definition) is 1. The molecule has 0 saturated heterocycles.